The van der Waals surface area contributed by atoms with Crippen LogP contribution < -0.4 is 5.32 Å². The molecule has 0 radical (unpaired) electrons. The van der Waals surface area contributed by atoms with Gasteiger partial charge in [0.15, 0.2) is 5.82 Å². The molecule has 0 aliphatic carbocycles. The van der Waals surface area contributed by atoms with Crippen molar-refractivity contribution in [3.8, 4) is 0 Å². The van der Waals surface area contributed by atoms with Crippen LogP contribution in [0.4, 0.5) is 0 Å². The van der Waals surface area contributed by atoms with E-state index in [9.17, 15) is 0 Å². The molecule has 1 fully saturated rings. The van der Waals surface area contributed by atoms with Gasteiger partial charge in [0.25, 0.3) is 0 Å². The van der Waals surface area contributed by atoms with Crippen molar-refractivity contribution in [3.05, 3.63) is 11.6 Å². The lowest BCUT2D eigenvalue weighted by Gasteiger charge is -2.20. The van der Waals surface area contributed by atoms with Crippen molar-refractivity contribution >= 4 is 0 Å². The molecule has 0 spiro atoms. The first kappa shape index (κ1) is 9.65. The molecule has 1 aliphatic rings. The lowest BCUT2D eigenvalue weighted by molar-refractivity contribution is 0.367. The average molecular weight is 194 g/mol. The van der Waals surface area contributed by atoms with Crippen molar-refractivity contribution in [2.45, 2.75) is 26.2 Å². The van der Waals surface area contributed by atoms with Gasteiger partial charge in [0, 0.05) is 13.5 Å². The molecule has 0 amide bonds. The van der Waals surface area contributed by atoms with Crippen molar-refractivity contribution in [2.24, 2.45) is 13.0 Å². The molecule has 0 unspecified atom stereocenters. The Bertz CT molecular complexity index is 280. The van der Waals surface area contributed by atoms with Gasteiger partial charge in [-0.3, -0.25) is 4.68 Å². The third-order valence-electron chi connectivity index (χ3n) is 2.95. The summed E-state index contributed by atoms with van der Waals surface area (Å²) in [7, 11) is 1.95. The van der Waals surface area contributed by atoms with Crippen LogP contribution in [0, 0.1) is 12.8 Å². The molecule has 0 saturated carbocycles. The summed E-state index contributed by atoms with van der Waals surface area (Å²) < 4.78 is 1.86. The molecule has 1 aromatic rings. The zero-order valence-electron chi connectivity index (χ0n) is 8.95. The molecule has 14 heavy (non-hydrogen) atoms. The van der Waals surface area contributed by atoms with Crippen LogP contribution in [0.15, 0.2) is 0 Å². The van der Waals surface area contributed by atoms with Crippen molar-refractivity contribution in [3.63, 3.8) is 0 Å². The van der Waals surface area contributed by atoms with Crippen molar-refractivity contribution in [1.82, 2.24) is 20.1 Å². The second kappa shape index (κ2) is 4.09. The lowest BCUT2D eigenvalue weighted by atomic mass is 9.94. The summed E-state index contributed by atoms with van der Waals surface area (Å²) in [4.78, 5) is 4.44. The quantitative estimate of drug-likeness (QED) is 0.752. The second-order valence-electron chi connectivity index (χ2n) is 4.10. The van der Waals surface area contributed by atoms with E-state index in [-0.39, 0.29) is 0 Å². The summed E-state index contributed by atoms with van der Waals surface area (Å²) in [5, 5.41) is 7.76. The Balaban J connectivity index is 1.95. The van der Waals surface area contributed by atoms with E-state index < -0.39 is 0 Å². The highest BCUT2D eigenvalue weighted by Gasteiger charge is 2.15. The SMILES string of the molecule is Cc1nc(CC2CCNCC2)nn1C. The van der Waals surface area contributed by atoms with Crippen LogP contribution in [0.2, 0.25) is 0 Å². The van der Waals surface area contributed by atoms with E-state index >= 15 is 0 Å². The number of rotatable bonds is 2. The average Bonchev–Trinajstić information content (AvgIpc) is 2.47. The van der Waals surface area contributed by atoms with Crippen molar-refractivity contribution < 1.29 is 0 Å². The Morgan fingerprint density at radius 3 is 2.71 bits per heavy atom. The molecule has 2 heterocycles. The Kier molecular flexibility index (Phi) is 2.82. The zero-order valence-corrected chi connectivity index (χ0v) is 8.95. The number of hydrogen-bond acceptors (Lipinski definition) is 3. The molecule has 78 valence electrons. The third-order valence-corrected chi connectivity index (χ3v) is 2.95. The van der Waals surface area contributed by atoms with Crippen molar-refractivity contribution in [2.75, 3.05) is 13.1 Å². The molecule has 1 aromatic heterocycles. The first-order chi connectivity index (χ1) is 6.75. The molecule has 1 saturated heterocycles. The van der Waals surface area contributed by atoms with Crippen LogP contribution in [0.25, 0.3) is 0 Å². The van der Waals surface area contributed by atoms with Gasteiger partial charge in [-0.15, -0.1) is 0 Å². The molecule has 0 aromatic carbocycles. The van der Waals surface area contributed by atoms with Gasteiger partial charge in [-0.05, 0) is 38.8 Å². The standard InChI is InChI=1S/C10H18N4/c1-8-12-10(13-14(8)2)7-9-3-5-11-6-4-9/h9,11H,3-7H2,1-2H3. The summed E-state index contributed by atoms with van der Waals surface area (Å²) in [6.07, 6.45) is 3.57. The minimum atomic E-state index is 0.776. The van der Waals surface area contributed by atoms with Crippen LogP contribution in [0.5, 0.6) is 0 Å². The first-order valence-corrected chi connectivity index (χ1v) is 5.33. The Morgan fingerprint density at radius 1 is 1.43 bits per heavy atom. The van der Waals surface area contributed by atoms with Crippen molar-refractivity contribution in [1.29, 1.82) is 0 Å². The van der Waals surface area contributed by atoms with E-state index in [0.29, 0.717) is 0 Å². The lowest BCUT2D eigenvalue weighted by Crippen LogP contribution is -2.28. The maximum absolute atomic E-state index is 4.44. The Morgan fingerprint density at radius 2 is 2.14 bits per heavy atom. The second-order valence-corrected chi connectivity index (χ2v) is 4.10. The Hall–Kier alpha value is -0.900. The predicted molar refractivity (Wildman–Crippen MR) is 55.0 cm³/mol. The highest BCUT2D eigenvalue weighted by molar-refractivity contribution is 4.92. The molecular weight excluding hydrogens is 176 g/mol. The fourth-order valence-electron chi connectivity index (χ4n) is 1.96. The molecule has 1 N–H and O–H groups in total. The maximum Gasteiger partial charge on any atom is 0.151 e. The van der Waals surface area contributed by atoms with Crippen LogP contribution in [0.3, 0.4) is 0 Å². The zero-order chi connectivity index (χ0) is 9.97. The van der Waals surface area contributed by atoms with E-state index in [4.69, 9.17) is 0 Å². The fourth-order valence-corrected chi connectivity index (χ4v) is 1.96. The van der Waals surface area contributed by atoms with Gasteiger partial charge in [-0.2, -0.15) is 5.10 Å². The number of aromatic nitrogens is 3. The van der Waals surface area contributed by atoms with Crippen LogP contribution in [-0.2, 0) is 13.5 Å². The fraction of sp³-hybridized carbons (Fsp3) is 0.800. The summed E-state index contributed by atoms with van der Waals surface area (Å²) in [5.41, 5.74) is 0. The monoisotopic (exact) mass is 194 g/mol. The molecule has 1 aliphatic heterocycles. The van der Waals surface area contributed by atoms with Gasteiger partial charge in [-0.25, -0.2) is 4.98 Å². The smallest absolute Gasteiger partial charge is 0.151 e. The number of nitrogens with zero attached hydrogens (tertiary/aromatic N) is 3. The number of hydrogen-bond donors (Lipinski definition) is 1. The summed E-state index contributed by atoms with van der Waals surface area (Å²) in [5.74, 6) is 2.80. The van der Waals surface area contributed by atoms with E-state index in [2.05, 4.69) is 15.4 Å². The van der Waals surface area contributed by atoms with Gasteiger partial charge >= 0.3 is 0 Å². The number of aryl methyl sites for hydroxylation is 2. The third kappa shape index (κ3) is 2.12. The Labute approximate surface area is 84.7 Å². The predicted octanol–water partition coefficient (Wildman–Crippen LogP) is 0.666. The van der Waals surface area contributed by atoms with Crippen LogP contribution >= 0.6 is 0 Å². The van der Waals surface area contributed by atoms with Crippen LogP contribution in [-0.4, -0.2) is 27.9 Å². The van der Waals surface area contributed by atoms with E-state index in [1.165, 1.54) is 12.8 Å². The minimum absolute atomic E-state index is 0.776. The molecule has 4 nitrogen and oxygen atoms in total. The maximum atomic E-state index is 4.44. The van der Waals surface area contributed by atoms with Crippen LogP contribution in [0.1, 0.15) is 24.5 Å². The molecule has 0 atom stereocenters. The molecule has 0 bridgehead atoms. The highest BCUT2D eigenvalue weighted by atomic mass is 15.3. The van der Waals surface area contributed by atoms with Gasteiger partial charge in [0.1, 0.15) is 5.82 Å². The molecule has 4 heteroatoms. The van der Waals surface area contributed by atoms with Gasteiger partial charge in [-0.1, -0.05) is 0 Å². The summed E-state index contributed by atoms with van der Waals surface area (Å²) in [6.45, 7) is 4.30. The topological polar surface area (TPSA) is 42.7 Å². The van der Waals surface area contributed by atoms with E-state index in [1.54, 1.807) is 0 Å². The van der Waals surface area contributed by atoms with E-state index in [0.717, 1.165) is 37.1 Å². The van der Waals surface area contributed by atoms with E-state index in [1.807, 2.05) is 18.7 Å². The normalized spacial score (nSPS) is 18.7. The molecular formula is C10H18N4. The van der Waals surface area contributed by atoms with Gasteiger partial charge in [0.2, 0.25) is 0 Å². The highest BCUT2D eigenvalue weighted by Crippen LogP contribution is 2.15. The molecule has 2 rings (SSSR count). The minimum Gasteiger partial charge on any atom is -0.317 e. The van der Waals surface area contributed by atoms with Gasteiger partial charge in [0.05, 0.1) is 0 Å². The largest absolute Gasteiger partial charge is 0.317 e. The first-order valence-electron chi connectivity index (χ1n) is 5.33. The van der Waals surface area contributed by atoms with Gasteiger partial charge < -0.3 is 5.32 Å². The summed E-state index contributed by atoms with van der Waals surface area (Å²) in [6, 6.07) is 0. The number of piperidine rings is 1. The summed E-state index contributed by atoms with van der Waals surface area (Å²) >= 11 is 0. The number of nitrogens with one attached hydrogen (secondary N) is 1.